The second kappa shape index (κ2) is 7.82. The molecule has 0 saturated heterocycles. The van der Waals surface area contributed by atoms with Gasteiger partial charge in [-0.2, -0.15) is 0 Å². The van der Waals surface area contributed by atoms with Crippen molar-refractivity contribution in [2.24, 2.45) is 0 Å². The average molecular weight is 388 g/mol. The first kappa shape index (κ1) is 18.2. The third kappa shape index (κ3) is 3.25. The first-order valence-electron chi connectivity index (χ1n) is 9.21. The predicted octanol–water partition coefficient (Wildman–Crippen LogP) is 4.55. The van der Waals surface area contributed by atoms with Gasteiger partial charge in [-0.15, -0.1) is 11.3 Å². The molecule has 1 aromatic heterocycles. The van der Waals surface area contributed by atoms with E-state index in [4.69, 9.17) is 0 Å². The Hall–Kier alpha value is -3.18. The van der Waals surface area contributed by atoms with E-state index in [2.05, 4.69) is 0 Å². The van der Waals surface area contributed by atoms with Crippen LogP contribution >= 0.6 is 11.3 Å². The fraction of sp³-hybridized carbons (Fsp3) is 0.130. The van der Waals surface area contributed by atoms with E-state index in [1.54, 1.807) is 0 Å². The zero-order chi connectivity index (χ0) is 19.5. The molecule has 140 valence electrons. The number of rotatable bonds is 6. The van der Waals surface area contributed by atoms with Gasteiger partial charge in [-0.05, 0) is 36.1 Å². The summed E-state index contributed by atoms with van der Waals surface area (Å²) in [4.78, 5) is 30.8. The minimum atomic E-state index is -0.247. The molecule has 0 atom stereocenters. The largest absolute Gasteiger partial charge is 0.337 e. The predicted molar refractivity (Wildman–Crippen MR) is 113 cm³/mol. The van der Waals surface area contributed by atoms with Crippen molar-refractivity contribution in [3.63, 3.8) is 0 Å². The van der Waals surface area contributed by atoms with Crippen LogP contribution in [0.3, 0.4) is 0 Å². The first-order chi connectivity index (χ1) is 13.7. The van der Waals surface area contributed by atoms with Crippen LogP contribution in [0.5, 0.6) is 0 Å². The van der Waals surface area contributed by atoms with Crippen LogP contribution in [0.15, 0.2) is 83.9 Å². The van der Waals surface area contributed by atoms with Gasteiger partial charge in [0, 0.05) is 17.1 Å². The lowest BCUT2D eigenvalue weighted by atomic mass is 10.1. The van der Waals surface area contributed by atoms with Crippen molar-refractivity contribution < 1.29 is 9.59 Å². The summed E-state index contributed by atoms with van der Waals surface area (Å²) in [5.74, 6) is -0.483. The molecule has 28 heavy (non-hydrogen) atoms. The highest BCUT2D eigenvalue weighted by Gasteiger charge is 2.42. The van der Waals surface area contributed by atoms with Crippen LogP contribution < -0.4 is 4.90 Å². The first-order valence-corrected chi connectivity index (χ1v) is 10.1. The van der Waals surface area contributed by atoms with E-state index < -0.39 is 0 Å². The lowest BCUT2D eigenvalue weighted by Crippen LogP contribution is -2.34. The van der Waals surface area contributed by atoms with Gasteiger partial charge in [0.15, 0.2) is 0 Å². The molecule has 4 rings (SSSR count). The standard InChI is InChI=1S/C23H20N2O2S/c1-2-24(18-12-7-4-8-13-18)21-20(19-14-9-15-28-19)22(26)25(23(21)27)16-17-10-5-3-6-11-17/h3-15H,2,16H2,1H3. The van der Waals surface area contributed by atoms with E-state index in [-0.39, 0.29) is 18.4 Å². The molecule has 0 spiro atoms. The topological polar surface area (TPSA) is 40.6 Å². The fourth-order valence-electron chi connectivity index (χ4n) is 3.44. The molecule has 0 saturated carbocycles. The van der Waals surface area contributed by atoms with E-state index in [1.165, 1.54) is 16.2 Å². The molecule has 2 amide bonds. The van der Waals surface area contributed by atoms with Gasteiger partial charge < -0.3 is 4.90 Å². The van der Waals surface area contributed by atoms with Gasteiger partial charge in [-0.3, -0.25) is 14.5 Å². The SMILES string of the molecule is CCN(C1=C(c2cccs2)C(=O)N(Cc2ccccc2)C1=O)c1ccccc1. The summed E-state index contributed by atoms with van der Waals surface area (Å²) in [6.45, 7) is 2.85. The van der Waals surface area contributed by atoms with Gasteiger partial charge in [-0.25, -0.2) is 0 Å². The number of anilines is 1. The van der Waals surface area contributed by atoms with Crippen molar-refractivity contribution in [2.75, 3.05) is 11.4 Å². The normalized spacial score (nSPS) is 14.1. The van der Waals surface area contributed by atoms with E-state index in [1.807, 2.05) is 90.0 Å². The molecule has 4 nitrogen and oxygen atoms in total. The summed E-state index contributed by atoms with van der Waals surface area (Å²) in [6, 6.07) is 23.1. The maximum atomic E-state index is 13.4. The highest BCUT2D eigenvalue weighted by Crippen LogP contribution is 2.36. The number of amides is 2. The maximum Gasteiger partial charge on any atom is 0.278 e. The molecule has 0 N–H and O–H groups in total. The van der Waals surface area contributed by atoms with Gasteiger partial charge in [0.1, 0.15) is 5.70 Å². The summed E-state index contributed by atoms with van der Waals surface area (Å²) in [6.07, 6.45) is 0. The Morgan fingerprint density at radius 2 is 1.54 bits per heavy atom. The minimum absolute atomic E-state index is 0.235. The zero-order valence-corrected chi connectivity index (χ0v) is 16.4. The van der Waals surface area contributed by atoms with Crippen LogP contribution in [-0.2, 0) is 16.1 Å². The fourth-order valence-corrected chi connectivity index (χ4v) is 4.21. The van der Waals surface area contributed by atoms with E-state index in [9.17, 15) is 9.59 Å². The van der Waals surface area contributed by atoms with Crippen LogP contribution in [0.2, 0.25) is 0 Å². The van der Waals surface area contributed by atoms with Crippen molar-refractivity contribution in [2.45, 2.75) is 13.5 Å². The smallest absolute Gasteiger partial charge is 0.278 e. The third-order valence-electron chi connectivity index (χ3n) is 4.75. The molecule has 5 heteroatoms. The average Bonchev–Trinajstić information content (AvgIpc) is 3.34. The molecule has 2 aromatic carbocycles. The minimum Gasteiger partial charge on any atom is -0.337 e. The number of hydrogen-bond donors (Lipinski definition) is 0. The Bertz CT molecular complexity index is 1010. The summed E-state index contributed by atoms with van der Waals surface area (Å²) in [7, 11) is 0. The van der Waals surface area contributed by atoms with E-state index in [0.29, 0.717) is 17.8 Å². The second-order valence-electron chi connectivity index (χ2n) is 6.46. The highest BCUT2D eigenvalue weighted by atomic mass is 32.1. The lowest BCUT2D eigenvalue weighted by Gasteiger charge is -2.24. The van der Waals surface area contributed by atoms with Crippen LogP contribution in [0.1, 0.15) is 17.4 Å². The maximum absolute atomic E-state index is 13.4. The highest BCUT2D eigenvalue weighted by molar-refractivity contribution is 7.11. The van der Waals surface area contributed by atoms with Gasteiger partial charge in [-0.1, -0.05) is 54.6 Å². The molecular formula is C23H20N2O2S. The Balaban J connectivity index is 1.79. The molecular weight excluding hydrogens is 368 g/mol. The van der Waals surface area contributed by atoms with Crippen molar-refractivity contribution >= 4 is 34.4 Å². The second-order valence-corrected chi connectivity index (χ2v) is 7.41. The molecule has 0 aliphatic carbocycles. The molecule has 0 unspecified atom stereocenters. The van der Waals surface area contributed by atoms with Gasteiger partial charge in [0.05, 0.1) is 12.1 Å². The summed E-state index contributed by atoms with van der Waals surface area (Å²) >= 11 is 1.48. The van der Waals surface area contributed by atoms with Crippen molar-refractivity contribution in [3.8, 4) is 0 Å². The number of hydrogen-bond acceptors (Lipinski definition) is 4. The number of carbonyl (C=O) groups is 2. The van der Waals surface area contributed by atoms with Gasteiger partial charge in [0.25, 0.3) is 11.8 Å². The molecule has 0 radical (unpaired) electrons. The van der Waals surface area contributed by atoms with Gasteiger partial charge >= 0.3 is 0 Å². The quantitative estimate of drug-likeness (QED) is 0.582. The van der Waals surface area contributed by atoms with Crippen LogP contribution in [0, 0.1) is 0 Å². The van der Waals surface area contributed by atoms with E-state index >= 15 is 0 Å². The number of imide groups is 1. The zero-order valence-electron chi connectivity index (χ0n) is 15.5. The molecule has 0 bridgehead atoms. The van der Waals surface area contributed by atoms with Crippen LogP contribution in [0.4, 0.5) is 5.69 Å². The van der Waals surface area contributed by atoms with E-state index in [0.717, 1.165) is 16.1 Å². The Labute approximate surface area is 168 Å². The number of nitrogens with zero attached hydrogens (tertiary/aromatic N) is 2. The molecule has 3 aromatic rings. The number of benzene rings is 2. The summed E-state index contributed by atoms with van der Waals surface area (Å²) in [5, 5.41) is 1.93. The van der Waals surface area contributed by atoms with Gasteiger partial charge in [0.2, 0.25) is 0 Å². The van der Waals surface area contributed by atoms with Crippen molar-refractivity contribution in [3.05, 3.63) is 94.3 Å². The number of para-hydroxylation sites is 1. The van der Waals surface area contributed by atoms with Crippen molar-refractivity contribution in [1.29, 1.82) is 0 Å². The van der Waals surface area contributed by atoms with Crippen LogP contribution in [-0.4, -0.2) is 23.3 Å². The van der Waals surface area contributed by atoms with Crippen molar-refractivity contribution in [1.82, 2.24) is 4.90 Å². The Morgan fingerprint density at radius 3 is 2.14 bits per heavy atom. The molecule has 1 aliphatic rings. The lowest BCUT2D eigenvalue weighted by molar-refractivity contribution is -0.137. The Morgan fingerprint density at radius 1 is 0.857 bits per heavy atom. The molecule has 0 fully saturated rings. The Kier molecular flexibility index (Phi) is 5.08. The number of thiophene rings is 1. The molecule has 2 heterocycles. The number of carbonyl (C=O) groups excluding carboxylic acids is 2. The summed E-state index contributed by atoms with van der Waals surface area (Å²) < 4.78 is 0. The summed E-state index contributed by atoms with van der Waals surface area (Å²) in [5.41, 5.74) is 2.77. The van der Waals surface area contributed by atoms with Crippen LogP contribution in [0.25, 0.3) is 5.57 Å². The number of likely N-dealkylation sites (N-methyl/N-ethyl adjacent to an activating group) is 1. The molecule has 1 aliphatic heterocycles. The third-order valence-corrected chi connectivity index (χ3v) is 5.64. The monoisotopic (exact) mass is 388 g/mol.